The molecule has 0 aliphatic rings. The number of para-hydroxylation sites is 1. The van der Waals surface area contributed by atoms with Crippen LogP contribution in [0.3, 0.4) is 0 Å². The van der Waals surface area contributed by atoms with Crippen LogP contribution in [-0.2, 0) is 14.6 Å². The van der Waals surface area contributed by atoms with Gasteiger partial charge in [0, 0.05) is 11.1 Å². The smallest absolute Gasteiger partial charge is 0.243 e. The molecule has 0 aliphatic carbocycles. The van der Waals surface area contributed by atoms with Crippen LogP contribution in [0.1, 0.15) is 0 Å². The van der Waals surface area contributed by atoms with E-state index in [0.717, 1.165) is 12.1 Å². The van der Waals surface area contributed by atoms with Crippen LogP contribution in [0, 0.1) is 11.6 Å². The minimum absolute atomic E-state index is 0.00117. The van der Waals surface area contributed by atoms with Crippen LogP contribution in [-0.4, -0.2) is 20.9 Å². The molecular weight excluding hydrogens is 457 g/mol. The van der Waals surface area contributed by atoms with E-state index in [1.54, 1.807) is 6.07 Å². The zero-order chi connectivity index (χ0) is 21.9. The van der Waals surface area contributed by atoms with E-state index in [1.165, 1.54) is 36.4 Å². The monoisotopic (exact) mass is 470 g/mol. The molecule has 10 heteroatoms. The molecular formula is C20H14Cl2F2N2O3S. The third-order valence-corrected chi connectivity index (χ3v) is 6.53. The molecule has 3 rings (SSSR count). The second-order valence-electron chi connectivity index (χ2n) is 6.10. The average Bonchev–Trinajstić information content (AvgIpc) is 2.70. The van der Waals surface area contributed by atoms with E-state index >= 15 is 0 Å². The van der Waals surface area contributed by atoms with Gasteiger partial charge in [0.2, 0.25) is 15.7 Å². The fourth-order valence-electron chi connectivity index (χ4n) is 2.61. The number of anilines is 2. The molecule has 0 radical (unpaired) electrons. The molecule has 0 aromatic heterocycles. The predicted molar refractivity (Wildman–Crippen MR) is 112 cm³/mol. The summed E-state index contributed by atoms with van der Waals surface area (Å²) in [7, 11) is -4.05. The number of benzene rings is 3. The van der Waals surface area contributed by atoms with Gasteiger partial charge < -0.3 is 10.6 Å². The minimum atomic E-state index is -4.05. The van der Waals surface area contributed by atoms with Gasteiger partial charge in [0.25, 0.3) is 0 Å². The van der Waals surface area contributed by atoms with Crippen molar-refractivity contribution in [2.24, 2.45) is 0 Å². The Balaban J connectivity index is 1.82. The highest BCUT2D eigenvalue weighted by Gasteiger charge is 2.24. The fourth-order valence-corrected chi connectivity index (χ4v) is 4.80. The van der Waals surface area contributed by atoms with Crippen molar-refractivity contribution >= 4 is 50.3 Å². The van der Waals surface area contributed by atoms with Crippen molar-refractivity contribution in [3.8, 4) is 0 Å². The molecule has 3 aromatic carbocycles. The minimum Gasteiger partial charge on any atom is -0.375 e. The number of carbonyl (C=O) groups is 1. The zero-order valence-corrected chi connectivity index (χ0v) is 17.5. The summed E-state index contributed by atoms with van der Waals surface area (Å²) >= 11 is 11.9. The summed E-state index contributed by atoms with van der Waals surface area (Å²) < 4.78 is 52.8. The van der Waals surface area contributed by atoms with Crippen LogP contribution in [0.5, 0.6) is 0 Å². The van der Waals surface area contributed by atoms with E-state index in [1.807, 2.05) is 0 Å². The predicted octanol–water partition coefficient (Wildman–Crippen LogP) is 5.16. The Morgan fingerprint density at radius 3 is 2.37 bits per heavy atom. The normalized spacial score (nSPS) is 11.2. The molecule has 0 fully saturated rings. The summed E-state index contributed by atoms with van der Waals surface area (Å²) in [6, 6.07) is 12.7. The highest BCUT2D eigenvalue weighted by Crippen LogP contribution is 2.33. The van der Waals surface area contributed by atoms with Crippen LogP contribution >= 0.6 is 23.2 Å². The van der Waals surface area contributed by atoms with Gasteiger partial charge in [-0.15, -0.1) is 0 Å². The van der Waals surface area contributed by atoms with E-state index in [4.69, 9.17) is 23.2 Å². The Labute approximate surface area is 181 Å². The number of hydrogen-bond donors (Lipinski definition) is 2. The zero-order valence-electron chi connectivity index (χ0n) is 15.1. The van der Waals surface area contributed by atoms with Crippen molar-refractivity contribution in [1.29, 1.82) is 0 Å². The number of carbonyl (C=O) groups excluding carboxylic acids is 1. The molecule has 0 bridgehead atoms. The first kappa shape index (κ1) is 22.0. The second kappa shape index (κ2) is 8.99. The van der Waals surface area contributed by atoms with Gasteiger partial charge in [0.15, 0.2) is 0 Å². The van der Waals surface area contributed by atoms with Gasteiger partial charge in [0.05, 0.1) is 32.7 Å². The molecule has 1 amide bonds. The first-order valence-electron chi connectivity index (χ1n) is 8.46. The fraction of sp³-hybridized carbons (Fsp3) is 0.0500. The van der Waals surface area contributed by atoms with E-state index < -0.39 is 27.4 Å². The summed E-state index contributed by atoms with van der Waals surface area (Å²) in [6.45, 7) is -0.368. The molecule has 30 heavy (non-hydrogen) atoms. The quantitative estimate of drug-likeness (QED) is 0.521. The maximum Gasteiger partial charge on any atom is 0.243 e. The molecule has 156 valence electrons. The second-order valence-corrected chi connectivity index (χ2v) is 8.83. The topological polar surface area (TPSA) is 75.3 Å². The lowest BCUT2D eigenvalue weighted by Gasteiger charge is -2.14. The lowest BCUT2D eigenvalue weighted by Crippen LogP contribution is -2.23. The van der Waals surface area contributed by atoms with Crippen molar-refractivity contribution in [2.75, 3.05) is 17.2 Å². The molecule has 0 spiro atoms. The maximum atomic E-state index is 13.7. The summed E-state index contributed by atoms with van der Waals surface area (Å²) in [5.74, 6) is -2.36. The van der Waals surface area contributed by atoms with Crippen LogP contribution in [0.4, 0.5) is 20.2 Å². The Hall–Kier alpha value is -2.68. The van der Waals surface area contributed by atoms with E-state index in [2.05, 4.69) is 10.6 Å². The van der Waals surface area contributed by atoms with Crippen LogP contribution in [0.2, 0.25) is 10.0 Å². The first-order chi connectivity index (χ1) is 14.2. The van der Waals surface area contributed by atoms with Gasteiger partial charge in [0.1, 0.15) is 11.6 Å². The van der Waals surface area contributed by atoms with Crippen LogP contribution < -0.4 is 10.6 Å². The molecule has 0 unspecified atom stereocenters. The van der Waals surface area contributed by atoms with E-state index in [9.17, 15) is 22.0 Å². The van der Waals surface area contributed by atoms with Crippen LogP contribution in [0.25, 0.3) is 0 Å². The van der Waals surface area contributed by atoms with Crippen molar-refractivity contribution in [3.05, 3.63) is 82.3 Å². The Morgan fingerprint density at radius 1 is 0.900 bits per heavy atom. The van der Waals surface area contributed by atoms with Crippen molar-refractivity contribution in [3.63, 3.8) is 0 Å². The van der Waals surface area contributed by atoms with Gasteiger partial charge in [-0.2, -0.15) is 0 Å². The van der Waals surface area contributed by atoms with Crippen molar-refractivity contribution < 1.29 is 22.0 Å². The summed E-state index contributed by atoms with van der Waals surface area (Å²) in [5.41, 5.74) is -0.0573. The van der Waals surface area contributed by atoms with Gasteiger partial charge in [-0.1, -0.05) is 35.3 Å². The largest absolute Gasteiger partial charge is 0.375 e. The molecule has 0 saturated heterocycles. The molecule has 0 saturated carbocycles. The molecule has 0 atom stereocenters. The Morgan fingerprint density at radius 2 is 1.63 bits per heavy atom. The first-order valence-corrected chi connectivity index (χ1v) is 10.7. The Kier molecular flexibility index (Phi) is 6.60. The van der Waals surface area contributed by atoms with Crippen molar-refractivity contribution in [1.82, 2.24) is 0 Å². The summed E-state index contributed by atoms with van der Waals surface area (Å²) in [5, 5.41) is 5.19. The Bertz CT molecular complexity index is 1220. The highest BCUT2D eigenvalue weighted by atomic mass is 35.5. The maximum absolute atomic E-state index is 13.7. The number of amides is 1. The lowest BCUT2D eigenvalue weighted by atomic mass is 10.3. The highest BCUT2D eigenvalue weighted by molar-refractivity contribution is 7.91. The van der Waals surface area contributed by atoms with Gasteiger partial charge in [-0.05, 0) is 42.5 Å². The molecule has 5 nitrogen and oxygen atoms in total. The van der Waals surface area contributed by atoms with Gasteiger partial charge >= 0.3 is 0 Å². The van der Waals surface area contributed by atoms with Gasteiger partial charge in [-0.3, -0.25) is 4.79 Å². The standard InChI is InChI=1S/C20H14Cl2F2N2O3S/c21-12-5-7-14(22)19(9-12)30(28,29)18-4-2-1-3-17(18)25-11-20(27)26-16-8-6-13(23)10-15(16)24/h1-10,25H,11H2,(H,26,27). The van der Waals surface area contributed by atoms with Crippen LogP contribution in [0.15, 0.2) is 70.5 Å². The summed E-state index contributed by atoms with van der Waals surface area (Å²) in [6.07, 6.45) is 0. The lowest BCUT2D eigenvalue weighted by molar-refractivity contribution is -0.114. The number of nitrogens with one attached hydrogen (secondary N) is 2. The average molecular weight is 471 g/mol. The number of halogens is 4. The van der Waals surface area contributed by atoms with E-state index in [-0.39, 0.29) is 37.8 Å². The SMILES string of the molecule is O=C(CNc1ccccc1S(=O)(=O)c1cc(Cl)ccc1Cl)Nc1ccc(F)cc1F. The summed E-state index contributed by atoms with van der Waals surface area (Å²) in [4.78, 5) is 11.8. The van der Waals surface area contributed by atoms with Crippen molar-refractivity contribution in [2.45, 2.75) is 9.79 Å². The third-order valence-electron chi connectivity index (χ3n) is 4.00. The molecule has 2 N–H and O–H groups in total. The number of sulfone groups is 1. The third kappa shape index (κ3) is 4.89. The number of rotatable bonds is 6. The van der Waals surface area contributed by atoms with Gasteiger partial charge in [-0.25, -0.2) is 17.2 Å². The molecule has 3 aromatic rings. The molecule has 0 aliphatic heterocycles. The molecule has 0 heterocycles. The van der Waals surface area contributed by atoms with E-state index in [0.29, 0.717) is 6.07 Å². The number of hydrogen-bond acceptors (Lipinski definition) is 4.